The van der Waals surface area contributed by atoms with Gasteiger partial charge in [-0.3, -0.25) is 4.90 Å². The zero-order valence-electron chi connectivity index (χ0n) is 13.3. The summed E-state index contributed by atoms with van der Waals surface area (Å²) in [5, 5.41) is 0. The van der Waals surface area contributed by atoms with Crippen LogP contribution in [0.25, 0.3) is 0 Å². The first-order valence-electron chi connectivity index (χ1n) is 7.64. The molecule has 0 fully saturated rings. The Balaban J connectivity index is 2.88. The second-order valence-corrected chi connectivity index (χ2v) is 6.06. The maximum Gasteiger partial charge on any atom is 0.123 e. The fraction of sp³-hybridized carbons (Fsp3) is 0.647. The Morgan fingerprint density at radius 2 is 2.05 bits per heavy atom. The van der Waals surface area contributed by atoms with E-state index in [1.807, 2.05) is 6.07 Å². The molecule has 1 aromatic rings. The molecule has 0 aliphatic rings. The number of hydrogen-bond acceptors (Lipinski definition) is 2. The molecule has 0 aromatic heterocycles. The smallest absolute Gasteiger partial charge is 0.123 e. The van der Waals surface area contributed by atoms with E-state index < -0.39 is 0 Å². The van der Waals surface area contributed by atoms with Crippen LogP contribution in [0.1, 0.15) is 39.7 Å². The Labute approximate surface area is 123 Å². The zero-order chi connectivity index (χ0) is 15.2. The number of hydrogen-bond donors (Lipinski definition) is 1. The van der Waals surface area contributed by atoms with E-state index in [9.17, 15) is 4.39 Å². The van der Waals surface area contributed by atoms with Crippen LogP contribution in [0.2, 0.25) is 0 Å². The lowest BCUT2D eigenvalue weighted by Crippen LogP contribution is -2.54. The molecule has 20 heavy (non-hydrogen) atoms. The lowest BCUT2D eigenvalue weighted by Gasteiger charge is -2.41. The van der Waals surface area contributed by atoms with Crippen LogP contribution in [-0.4, -0.2) is 30.1 Å². The number of nitrogens with zero attached hydrogens (tertiary/aromatic N) is 1. The van der Waals surface area contributed by atoms with Crippen LogP contribution in [0.5, 0.6) is 0 Å². The molecule has 0 saturated carbocycles. The van der Waals surface area contributed by atoms with Crippen LogP contribution in [-0.2, 0) is 6.42 Å². The molecule has 0 saturated heterocycles. The molecule has 0 heterocycles. The van der Waals surface area contributed by atoms with E-state index in [-0.39, 0.29) is 11.4 Å². The number of benzene rings is 1. The molecule has 0 radical (unpaired) electrons. The molecule has 3 heteroatoms. The highest BCUT2D eigenvalue weighted by molar-refractivity contribution is 5.19. The summed E-state index contributed by atoms with van der Waals surface area (Å²) < 4.78 is 13.3. The molecule has 0 amide bonds. The predicted octanol–water partition coefficient (Wildman–Crippen LogP) is 3.45. The Kier molecular flexibility index (Phi) is 6.63. The highest BCUT2D eigenvalue weighted by Crippen LogP contribution is 2.22. The zero-order valence-corrected chi connectivity index (χ0v) is 13.3. The maximum atomic E-state index is 13.3. The summed E-state index contributed by atoms with van der Waals surface area (Å²) in [5.41, 5.74) is 6.95. The van der Waals surface area contributed by atoms with Gasteiger partial charge >= 0.3 is 0 Å². The Hall–Kier alpha value is -0.930. The summed E-state index contributed by atoms with van der Waals surface area (Å²) in [4.78, 5) is 2.44. The minimum atomic E-state index is -0.174. The van der Waals surface area contributed by atoms with Gasteiger partial charge < -0.3 is 5.73 Å². The molecule has 2 N–H and O–H groups in total. The molecule has 114 valence electrons. The van der Waals surface area contributed by atoms with Crippen molar-refractivity contribution in [2.75, 3.05) is 19.6 Å². The van der Waals surface area contributed by atoms with E-state index in [1.54, 1.807) is 12.1 Å². The van der Waals surface area contributed by atoms with E-state index in [2.05, 4.69) is 32.6 Å². The minimum absolute atomic E-state index is 0.119. The first-order chi connectivity index (χ1) is 9.45. The number of likely N-dealkylation sites (N-methyl/N-ethyl adjacent to an activating group) is 1. The second-order valence-electron chi connectivity index (χ2n) is 6.06. The summed E-state index contributed by atoms with van der Waals surface area (Å²) in [6.45, 7) is 11.4. The lowest BCUT2D eigenvalue weighted by molar-refractivity contribution is 0.0980. The van der Waals surface area contributed by atoms with Crippen molar-refractivity contribution in [1.82, 2.24) is 4.90 Å². The van der Waals surface area contributed by atoms with E-state index in [1.165, 1.54) is 6.07 Å². The van der Waals surface area contributed by atoms with E-state index in [4.69, 9.17) is 5.73 Å². The Morgan fingerprint density at radius 1 is 1.35 bits per heavy atom. The predicted molar refractivity (Wildman–Crippen MR) is 84.3 cm³/mol. The van der Waals surface area contributed by atoms with Crippen molar-refractivity contribution < 1.29 is 4.39 Å². The quantitative estimate of drug-likeness (QED) is 0.790. The van der Waals surface area contributed by atoms with Crippen LogP contribution < -0.4 is 5.73 Å². The first kappa shape index (κ1) is 17.1. The fourth-order valence-electron chi connectivity index (χ4n) is 2.64. The van der Waals surface area contributed by atoms with Crippen LogP contribution in [0.4, 0.5) is 4.39 Å². The van der Waals surface area contributed by atoms with Gasteiger partial charge in [-0.15, -0.1) is 0 Å². The van der Waals surface area contributed by atoms with Crippen LogP contribution in [0.15, 0.2) is 24.3 Å². The Morgan fingerprint density at radius 3 is 2.55 bits per heavy atom. The van der Waals surface area contributed by atoms with Gasteiger partial charge in [0.15, 0.2) is 0 Å². The van der Waals surface area contributed by atoms with Crippen molar-refractivity contribution in [2.24, 2.45) is 11.7 Å². The maximum absolute atomic E-state index is 13.3. The molecule has 0 aliphatic carbocycles. The van der Waals surface area contributed by atoms with Gasteiger partial charge in [0, 0.05) is 18.6 Å². The number of halogens is 1. The lowest BCUT2D eigenvalue weighted by atomic mass is 9.89. The number of nitrogens with two attached hydrogens (primary N) is 1. The Bertz CT molecular complexity index is 408. The summed E-state index contributed by atoms with van der Waals surface area (Å²) in [7, 11) is 0. The molecule has 0 spiro atoms. The molecule has 2 unspecified atom stereocenters. The number of rotatable bonds is 8. The van der Waals surface area contributed by atoms with Gasteiger partial charge in [-0.05, 0) is 43.5 Å². The second kappa shape index (κ2) is 7.75. The van der Waals surface area contributed by atoms with E-state index >= 15 is 0 Å². The topological polar surface area (TPSA) is 29.3 Å². The SMILES string of the molecule is CCC(C)CN(CC)C(C)(CN)Cc1cccc(F)c1. The monoisotopic (exact) mass is 280 g/mol. The van der Waals surface area contributed by atoms with Gasteiger partial charge in [0.05, 0.1) is 0 Å². The molecular formula is C17H29FN2. The summed E-state index contributed by atoms with van der Waals surface area (Å²) in [6, 6.07) is 6.85. The van der Waals surface area contributed by atoms with Gasteiger partial charge in [0.1, 0.15) is 5.82 Å². The van der Waals surface area contributed by atoms with Crippen LogP contribution in [0, 0.1) is 11.7 Å². The highest BCUT2D eigenvalue weighted by atomic mass is 19.1. The minimum Gasteiger partial charge on any atom is -0.329 e. The molecular weight excluding hydrogens is 251 g/mol. The molecule has 1 rings (SSSR count). The van der Waals surface area contributed by atoms with Crippen molar-refractivity contribution in [3.8, 4) is 0 Å². The van der Waals surface area contributed by atoms with Gasteiger partial charge in [-0.25, -0.2) is 4.39 Å². The van der Waals surface area contributed by atoms with Gasteiger partial charge in [0.2, 0.25) is 0 Å². The van der Waals surface area contributed by atoms with Crippen LogP contribution >= 0.6 is 0 Å². The van der Waals surface area contributed by atoms with Crippen molar-refractivity contribution in [1.29, 1.82) is 0 Å². The molecule has 0 bridgehead atoms. The third kappa shape index (κ3) is 4.57. The molecule has 0 aliphatic heterocycles. The summed E-state index contributed by atoms with van der Waals surface area (Å²) in [5.74, 6) is 0.472. The molecule has 2 atom stereocenters. The largest absolute Gasteiger partial charge is 0.329 e. The van der Waals surface area contributed by atoms with Crippen LogP contribution in [0.3, 0.4) is 0 Å². The highest BCUT2D eigenvalue weighted by Gasteiger charge is 2.30. The normalized spacial score (nSPS) is 16.1. The van der Waals surface area contributed by atoms with E-state index in [0.29, 0.717) is 12.5 Å². The average molecular weight is 280 g/mol. The first-order valence-corrected chi connectivity index (χ1v) is 7.64. The van der Waals surface area contributed by atoms with Crippen molar-refractivity contribution in [3.05, 3.63) is 35.6 Å². The van der Waals surface area contributed by atoms with E-state index in [0.717, 1.165) is 31.5 Å². The molecule has 2 nitrogen and oxygen atoms in total. The van der Waals surface area contributed by atoms with Gasteiger partial charge in [0.25, 0.3) is 0 Å². The van der Waals surface area contributed by atoms with Gasteiger partial charge in [-0.1, -0.05) is 39.3 Å². The van der Waals surface area contributed by atoms with Crippen molar-refractivity contribution in [3.63, 3.8) is 0 Å². The average Bonchev–Trinajstić information content (AvgIpc) is 2.44. The molecule has 1 aromatic carbocycles. The van der Waals surface area contributed by atoms with Crippen molar-refractivity contribution in [2.45, 2.75) is 46.1 Å². The third-order valence-corrected chi connectivity index (χ3v) is 4.29. The standard InChI is InChI=1S/C17H29FN2/c1-5-14(3)12-20(6-2)17(4,13-19)11-15-8-7-9-16(18)10-15/h7-10,14H,5-6,11-13,19H2,1-4H3. The van der Waals surface area contributed by atoms with Crippen molar-refractivity contribution >= 4 is 0 Å². The summed E-state index contributed by atoms with van der Waals surface area (Å²) >= 11 is 0. The van der Waals surface area contributed by atoms with Gasteiger partial charge in [-0.2, -0.15) is 0 Å². The summed E-state index contributed by atoms with van der Waals surface area (Å²) in [6.07, 6.45) is 1.95. The fourth-order valence-corrected chi connectivity index (χ4v) is 2.64. The third-order valence-electron chi connectivity index (χ3n) is 4.29.